The summed E-state index contributed by atoms with van der Waals surface area (Å²) in [5.74, 6) is 2.14. The van der Waals surface area contributed by atoms with Gasteiger partial charge in [-0.25, -0.2) is 4.98 Å². The van der Waals surface area contributed by atoms with Gasteiger partial charge in [-0.05, 0) is 67.8 Å². The predicted molar refractivity (Wildman–Crippen MR) is 121 cm³/mol. The molecule has 30 heavy (non-hydrogen) atoms. The minimum Gasteiger partial charge on any atom is -0.489 e. The molecule has 0 radical (unpaired) electrons. The second-order valence-electron chi connectivity index (χ2n) is 7.86. The van der Waals surface area contributed by atoms with Crippen LogP contribution in [-0.2, 0) is 6.42 Å². The van der Waals surface area contributed by atoms with Gasteiger partial charge in [-0.15, -0.1) is 0 Å². The lowest BCUT2D eigenvalue weighted by Crippen LogP contribution is -2.19. The Morgan fingerprint density at radius 3 is 2.90 bits per heavy atom. The van der Waals surface area contributed by atoms with Crippen LogP contribution >= 0.6 is 0 Å². The van der Waals surface area contributed by atoms with Crippen LogP contribution in [-0.4, -0.2) is 29.2 Å². The Morgan fingerprint density at radius 1 is 1.07 bits per heavy atom. The van der Waals surface area contributed by atoms with Gasteiger partial charge in [-0.3, -0.25) is 0 Å². The molecule has 1 saturated heterocycles. The van der Waals surface area contributed by atoms with Crippen LogP contribution in [0.4, 0.5) is 23.1 Å². The Kier molecular flexibility index (Phi) is 5.07. The van der Waals surface area contributed by atoms with Crippen molar-refractivity contribution in [2.75, 3.05) is 23.7 Å². The van der Waals surface area contributed by atoms with Crippen LogP contribution in [0.5, 0.6) is 5.75 Å². The third-order valence-corrected chi connectivity index (χ3v) is 5.35. The highest BCUT2D eigenvalue weighted by molar-refractivity contribution is 5.70. The molecule has 0 saturated carbocycles. The molecule has 1 aliphatic carbocycles. The number of benzene rings is 2. The highest BCUT2D eigenvalue weighted by atomic mass is 16.5. The van der Waals surface area contributed by atoms with Crippen molar-refractivity contribution < 1.29 is 4.74 Å². The lowest BCUT2D eigenvalue weighted by atomic mass is 10.1. The van der Waals surface area contributed by atoms with Gasteiger partial charge in [0, 0.05) is 30.2 Å². The highest BCUT2D eigenvalue weighted by Crippen LogP contribution is 2.28. The van der Waals surface area contributed by atoms with Crippen LogP contribution in [0.15, 0.2) is 60.3 Å². The number of ether oxygens (including phenoxy) is 1. The number of nitrogens with one attached hydrogen (secondary N) is 3. The van der Waals surface area contributed by atoms with Crippen LogP contribution < -0.4 is 20.7 Å². The summed E-state index contributed by atoms with van der Waals surface area (Å²) in [5, 5.41) is 9.98. The molecule has 3 N–H and O–H groups in total. The third kappa shape index (κ3) is 4.28. The summed E-state index contributed by atoms with van der Waals surface area (Å²) >= 11 is 0. The Labute approximate surface area is 176 Å². The van der Waals surface area contributed by atoms with Crippen molar-refractivity contribution in [2.45, 2.75) is 25.9 Å². The van der Waals surface area contributed by atoms with E-state index in [0.717, 1.165) is 48.9 Å². The second-order valence-corrected chi connectivity index (χ2v) is 7.86. The molecule has 2 aliphatic rings. The second kappa shape index (κ2) is 8.16. The zero-order valence-electron chi connectivity index (χ0n) is 17.0. The molecular formula is C24H25N5O. The van der Waals surface area contributed by atoms with Gasteiger partial charge in [0.2, 0.25) is 5.95 Å². The van der Waals surface area contributed by atoms with E-state index in [-0.39, 0.29) is 6.10 Å². The first-order valence-electron chi connectivity index (χ1n) is 10.4. The molecule has 1 atom stereocenters. The highest BCUT2D eigenvalue weighted by Gasteiger charge is 2.16. The fourth-order valence-corrected chi connectivity index (χ4v) is 3.92. The van der Waals surface area contributed by atoms with E-state index < -0.39 is 0 Å². The smallest absolute Gasteiger partial charge is 0.229 e. The van der Waals surface area contributed by atoms with Gasteiger partial charge in [-0.2, -0.15) is 4.98 Å². The normalized spacial score (nSPS) is 17.4. The molecule has 6 nitrogen and oxygen atoms in total. The van der Waals surface area contributed by atoms with Crippen LogP contribution in [0.1, 0.15) is 24.5 Å². The van der Waals surface area contributed by atoms with Crippen molar-refractivity contribution >= 4 is 29.2 Å². The van der Waals surface area contributed by atoms with Crippen molar-refractivity contribution in [3.8, 4) is 5.75 Å². The molecule has 0 bridgehead atoms. The molecule has 0 spiro atoms. The Morgan fingerprint density at radius 2 is 2.00 bits per heavy atom. The summed E-state index contributed by atoms with van der Waals surface area (Å²) in [7, 11) is 0. The van der Waals surface area contributed by atoms with Crippen LogP contribution in [0.25, 0.3) is 6.08 Å². The SMILES string of the molecule is CC1=Cc2cc(Nc3ccnc(Nc4cccc(O[C@H]5CCNC5)c4)n3)ccc2C1. The molecule has 1 aromatic heterocycles. The van der Waals surface area contributed by atoms with Crippen molar-refractivity contribution in [1.82, 2.24) is 15.3 Å². The number of anilines is 4. The molecule has 6 heteroatoms. The first-order valence-corrected chi connectivity index (χ1v) is 10.4. The quantitative estimate of drug-likeness (QED) is 0.560. The summed E-state index contributed by atoms with van der Waals surface area (Å²) in [4.78, 5) is 8.96. The maximum Gasteiger partial charge on any atom is 0.229 e. The zero-order chi connectivity index (χ0) is 20.3. The number of hydrogen-bond donors (Lipinski definition) is 3. The fourth-order valence-electron chi connectivity index (χ4n) is 3.92. The first-order chi connectivity index (χ1) is 14.7. The van der Waals surface area contributed by atoms with Crippen molar-refractivity contribution in [1.29, 1.82) is 0 Å². The monoisotopic (exact) mass is 399 g/mol. The Hall–Kier alpha value is -3.38. The molecule has 1 aliphatic heterocycles. The van der Waals surface area contributed by atoms with E-state index in [0.29, 0.717) is 5.95 Å². The molecule has 2 aromatic carbocycles. The summed E-state index contributed by atoms with van der Waals surface area (Å²) in [5.41, 5.74) is 5.96. The molecule has 5 rings (SSSR count). The number of fused-ring (bicyclic) bond motifs is 1. The Balaban J connectivity index is 1.28. The number of allylic oxidation sites excluding steroid dienone is 1. The predicted octanol–water partition coefficient (Wildman–Crippen LogP) is 4.66. The molecular weight excluding hydrogens is 374 g/mol. The molecule has 2 heterocycles. The van der Waals surface area contributed by atoms with Gasteiger partial charge in [-0.1, -0.05) is 23.8 Å². The van der Waals surface area contributed by atoms with Gasteiger partial charge >= 0.3 is 0 Å². The lowest BCUT2D eigenvalue weighted by Gasteiger charge is -2.14. The molecule has 3 aromatic rings. The van der Waals surface area contributed by atoms with Crippen LogP contribution in [0.2, 0.25) is 0 Å². The van der Waals surface area contributed by atoms with Crippen LogP contribution in [0.3, 0.4) is 0 Å². The van der Waals surface area contributed by atoms with Crippen LogP contribution in [0, 0.1) is 0 Å². The fraction of sp³-hybridized carbons (Fsp3) is 0.250. The topological polar surface area (TPSA) is 71.1 Å². The largest absolute Gasteiger partial charge is 0.489 e. The average molecular weight is 399 g/mol. The average Bonchev–Trinajstić information content (AvgIpc) is 3.37. The summed E-state index contributed by atoms with van der Waals surface area (Å²) in [6.07, 6.45) is 6.29. The standard InChI is InChI=1S/C24H25N5O/c1-16-11-17-5-6-20(13-18(17)12-16)27-23-8-10-26-24(29-23)28-19-3-2-4-21(14-19)30-22-7-9-25-15-22/h2-6,8,10,12-14,22,25H,7,9,11,15H2,1H3,(H2,26,27,28,29)/t22-/m0/s1. The molecule has 0 amide bonds. The van der Waals surface area contributed by atoms with E-state index in [2.05, 4.69) is 57.1 Å². The van der Waals surface area contributed by atoms with E-state index in [1.807, 2.05) is 30.3 Å². The van der Waals surface area contributed by atoms with E-state index in [1.54, 1.807) is 6.20 Å². The van der Waals surface area contributed by atoms with E-state index in [9.17, 15) is 0 Å². The summed E-state index contributed by atoms with van der Waals surface area (Å²) in [6.45, 7) is 4.07. The van der Waals surface area contributed by atoms with Crippen molar-refractivity contribution in [3.05, 3.63) is 71.4 Å². The zero-order valence-corrected chi connectivity index (χ0v) is 17.0. The number of rotatable bonds is 6. The van der Waals surface area contributed by atoms with Gasteiger partial charge in [0.1, 0.15) is 17.7 Å². The van der Waals surface area contributed by atoms with E-state index >= 15 is 0 Å². The first kappa shape index (κ1) is 18.6. The summed E-state index contributed by atoms with van der Waals surface area (Å²) < 4.78 is 6.04. The minimum absolute atomic E-state index is 0.231. The van der Waals surface area contributed by atoms with E-state index in [4.69, 9.17) is 4.74 Å². The van der Waals surface area contributed by atoms with Crippen molar-refractivity contribution in [2.24, 2.45) is 0 Å². The van der Waals surface area contributed by atoms with E-state index in [1.165, 1.54) is 16.7 Å². The number of nitrogens with zero attached hydrogens (tertiary/aromatic N) is 2. The molecule has 1 fully saturated rings. The van der Waals surface area contributed by atoms with Gasteiger partial charge in [0.25, 0.3) is 0 Å². The van der Waals surface area contributed by atoms with Gasteiger partial charge in [0.05, 0.1) is 0 Å². The number of aromatic nitrogens is 2. The van der Waals surface area contributed by atoms with Gasteiger partial charge in [0.15, 0.2) is 0 Å². The minimum atomic E-state index is 0.231. The Bertz CT molecular complexity index is 1090. The maximum absolute atomic E-state index is 6.04. The molecule has 0 unspecified atom stereocenters. The maximum atomic E-state index is 6.04. The third-order valence-electron chi connectivity index (χ3n) is 5.35. The number of hydrogen-bond acceptors (Lipinski definition) is 6. The molecule has 152 valence electrons. The lowest BCUT2D eigenvalue weighted by molar-refractivity contribution is 0.223. The van der Waals surface area contributed by atoms with Crippen molar-refractivity contribution in [3.63, 3.8) is 0 Å². The van der Waals surface area contributed by atoms with Gasteiger partial charge < -0.3 is 20.7 Å². The summed E-state index contributed by atoms with van der Waals surface area (Å²) in [6, 6.07) is 16.2.